The summed E-state index contributed by atoms with van der Waals surface area (Å²) in [6, 6.07) is 0. The molecule has 0 spiro atoms. The van der Waals surface area contributed by atoms with E-state index in [0.717, 1.165) is 4.90 Å². The maximum absolute atomic E-state index is 13.8. The van der Waals surface area contributed by atoms with E-state index >= 15 is 0 Å². The van der Waals surface area contributed by atoms with Gasteiger partial charge < -0.3 is 20.5 Å². The van der Waals surface area contributed by atoms with E-state index in [1.54, 1.807) is 0 Å². The Bertz CT molecular complexity index is 459. The number of carboxylic acid groups (broad SMARTS) is 1. The highest BCUT2D eigenvalue weighted by Crippen LogP contribution is 2.23. The van der Waals surface area contributed by atoms with Crippen LogP contribution >= 0.6 is 0 Å². The van der Waals surface area contributed by atoms with E-state index in [-0.39, 0.29) is 24.9 Å². The highest BCUT2D eigenvalue weighted by molar-refractivity contribution is 5.65. The third-order valence-corrected chi connectivity index (χ3v) is 3.11. The predicted molar refractivity (Wildman–Crippen MR) is 64.5 cm³/mol. The van der Waals surface area contributed by atoms with Gasteiger partial charge in [-0.2, -0.15) is 0 Å². The topological polar surface area (TPSA) is 102 Å². The number of hydrogen-bond donors (Lipinski definition) is 2. The molecule has 1 aliphatic rings. The van der Waals surface area contributed by atoms with Crippen molar-refractivity contribution in [2.24, 2.45) is 5.92 Å². The lowest BCUT2D eigenvalue weighted by atomic mass is 9.96. The molecule has 2 heterocycles. The van der Waals surface area contributed by atoms with E-state index in [2.05, 4.69) is 9.97 Å². The summed E-state index contributed by atoms with van der Waals surface area (Å²) in [6.07, 6.45) is 0.799. The highest BCUT2D eigenvalue weighted by atomic mass is 19.1. The first kappa shape index (κ1) is 13.3. The van der Waals surface area contributed by atoms with Gasteiger partial charge in [-0.25, -0.2) is 19.2 Å². The Morgan fingerprint density at radius 3 is 3.11 bits per heavy atom. The zero-order valence-corrected chi connectivity index (χ0v) is 10.2. The van der Waals surface area contributed by atoms with Crippen molar-refractivity contribution in [3.05, 3.63) is 12.5 Å². The van der Waals surface area contributed by atoms with E-state index in [0.29, 0.717) is 18.7 Å². The van der Waals surface area contributed by atoms with Crippen LogP contribution in [-0.4, -0.2) is 51.9 Å². The van der Waals surface area contributed by atoms with Crippen LogP contribution in [0.3, 0.4) is 0 Å². The molecular weight excluding hydrogens is 255 g/mol. The number of aromatic nitrogens is 2. The van der Waals surface area contributed by atoms with E-state index in [1.165, 1.54) is 12.5 Å². The van der Waals surface area contributed by atoms with E-state index in [1.807, 2.05) is 0 Å². The first-order valence-electron chi connectivity index (χ1n) is 5.88. The number of nitrogens with zero attached hydrogens (tertiary/aromatic N) is 3. The normalized spacial score (nSPS) is 23.1. The molecule has 1 saturated heterocycles. The fraction of sp³-hybridized carbons (Fsp3) is 0.545. The maximum Gasteiger partial charge on any atom is 0.407 e. The first-order valence-corrected chi connectivity index (χ1v) is 5.88. The summed E-state index contributed by atoms with van der Waals surface area (Å²) in [5.74, 6) is 0.166. The number of nitrogens with two attached hydrogens (primary N) is 1. The van der Waals surface area contributed by atoms with Crippen LogP contribution in [0.15, 0.2) is 12.5 Å². The summed E-state index contributed by atoms with van der Waals surface area (Å²) >= 11 is 0. The Hall–Kier alpha value is -2.12. The van der Waals surface area contributed by atoms with Crippen LogP contribution < -0.4 is 10.5 Å². The Morgan fingerprint density at radius 1 is 1.68 bits per heavy atom. The van der Waals surface area contributed by atoms with Crippen molar-refractivity contribution >= 4 is 11.9 Å². The van der Waals surface area contributed by atoms with Gasteiger partial charge in [-0.1, -0.05) is 0 Å². The summed E-state index contributed by atoms with van der Waals surface area (Å²) in [5, 5.41) is 8.78. The van der Waals surface area contributed by atoms with Gasteiger partial charge in [0, 0.05) is 12.5 Å². The van der Waals surface area contributed by atoms with Crippen molar-refractivity contribution in [1.82, 2.24) is 14.9 Å². The third kappa shape index (κ3) is 3.21. The molecule has 0 radical (unpaired) electrons. The van der Waals surface area contributed by atoms with Crippen LogP contribution in [0.5, 0.6) is 5.75 Å². The van der Waals surface area contributed by atoms with Gasteiger partial charge in [-0.15, -0.1) is 0 Å². The molecule has 0 aliphatic carbocycles. The fourth-order valence-electron chi connectivity index (χ4n) is 1.95. The molecule has 0 aromatic carbocycles. The molecule has 1 aromatic rings. The second-order valence-corrected chi connectivity index (χ2v) is 4.38. The number of halogens is 1. The average Bonchev–Trinajstić information content (AvgIpc) is 2.39. The van der Waals surface area contributed by atoms with Crippen molar-refractivity contribution < 1.29 is 19.0 Å². The molecule has 1 aromatic heterocycles. The Labute approximate surface area is 109 Å². The monoisotopic (exact) mass is 270 g/mol. The van der Waals surface area contributed by atoms with Crippen LogP contribution in [0.1, 0.15) is 6.42 Å². The molecule has 2 rings (SSSR count). The molecule has 1 fully saturated rings. The molecule has 2 atom stereocenters. The predicted octanol–water partition coefficient (Wildman–Crippen LogP) is 0.776. The van der Waals surface area contributed by atoms with Crippen LogP contribution in [0.25, 0.3) is 0 Å². The number of alkyl halides is 1. The largest absolute Gasteiger partial charge is 0.488 e. The first-order chi connectivity index (χ1) is 9.08. The van der Waals surface area contributed by atoms with Crippen LogP contribution in [0.2, 0.25) is 0 Å². The van der Waals surface area contributed by atoms with Crippen molar-refractivity contribution in [2.45, 2.75) is 12.6 Å². The number of rotatable bonds is 3. The molecule has 0 saturated carbocycles. The maximum atomic E-state index is 13.8. The third-order valence-electron chi connectivity index (χ3n) is 3.11. The number of piperidine rings is 1. The van der Waals surface area contributed by atoms with Gasteiger partial charge in [0.05, 0.1) is 19.3 Å². The Balaban J connectivity index is 1.88. The molecule has 19 heavy (non-hydrogen) atoms. The van der Waals surface area contributed by atoms with Gasteiger partial charge in [0.15, 0.2) is 11.6 Å². The molecule has 104 valence electrons. The van der Waals surface area contributed by atoms with Gasteiger partial charge in [-0.3, -0.25) is 0 Å². The van der Waals surface area contributed by atoms with Crippen molar-refractivity contribution in [3.8, 4) is 5.75 Å². The van der Waals surface area contributed by atoms with Gasteiger partial charge in [-0.05, 0) is 6.42 Å². The molecule has 3 N–H and O–H groups in total. The zero-order valence-electron chi connectivity index (χ0n) is 10.2. The standard InChI is InChI=1S/C11H15FN4O3/c12-8-4-16(11(17)18)2-1-7(8)5-19-9-3-14-6-15-10(9)13/h3,6-8H,1-2,4-5H2,(H,17,18)(H2,13,14,15)/t7-,8+/m1/s1. The molecule has 0 bridgehead atoms. The number of anilines is 1. The summed E-state index contributed by atoms with van der Waals surface area (Å²) < 4.78 is 19.2. The SMILES string of the molecule is Nc1ncncc1OC[C@H]1CCN(C(=O)O)C[C@@H]1F. The number of carbonyl (C=O) groups is 1. The van der Waals surface area contributed by atoms with Gasteiger partial charge in [0.1, 0.15) is 12.5 Å². The molecular formula is C11H15FN4O3. The lowest BCUT2D eigenvalue weighted by Gasteiger charge is -2.32. The Morgan fingerprint density at radius 2 is 2.47 bits per heavy atom. The molecule has 0 unspecified atom stereocenters. The molecule has 1 amide bonds. The molecule has 7 nitrogen and oxygen atoms in total. The minimum Gasteiger partial charge on any atom is -0.488 e. The lowest BCUT2D eigenvalue weighted by Crippen LogP contribution is -2.45. The second-order valence-electron chi connectivity index (χ2n) is 4.38. The minimum atomic E-state index is -1.24. The number of likely N-dealkylation sites (tertiary alicyclic amines) is 1. The highest BCUT2D eigenvalue weighted by Gasteiger charge is 2.32. The second kappa shape index (κ2) is 5.68. The van der Waals surface area contributed by atoms with Crippen LogP contribution in [0, 0.1) is 5.92 Å². The van der Waals surface area contributed by atoms with Crippen molar-refractivity contribution in [1.29, 1.82) is 0 Å². The minimum absolute atomic E-state index is 0.121. The summed E-state index contributed by atoms with van der Waals surface area (Å²) in [5.41, 5.74) is 5.58. The number of amides is 1. The number of ether oxygens (including phenoxy) is 1. The quantitative estimate of drug-likeness (QED) is 0.841. The number of hydrogen-bond acceptors (Lipinski definition) is 5. The lowest BCUT2D eigenvalue weighted by molar-refractivity contribution is 0.0551. The van der Waals surface area contributed by atoms with Crippen LogP contribution in [0.4, 0.5) is 15.0 Å². The smallest absolute Gasteiger partial charge is 0.407 e. The van der Waals surface area contributed by atoms with E-state index < -0.39 is 12.3 Å². The van der Waals surface area contributed by atoms with Gasteiger partial charge in [0.2, 0.25) is 0 Å². The number of nitrogen functional groups attached to an aromatic ring is 1. The Kier molecular flexibility index (Phi) is 3.98. The van der Waals surface area contributed by atoms with Crippen molar-refractivity contribution in [2.75, 3.05) is 25.4 Å². The fourth-order valence-corrected chi connectivity index (χ4v) is 1.95. The van der Waals surface area contributed by atoms with Crippen LogP contribution in [-0.2, 0) is 0 Å². The van der Waals surface area contributed by atoms with Gasteiger partial charge in [0.25, 0.3) is 0 Å². The van der Waals surface area contributed by atoms with Crippen molar-refractivity contribution in [3.63, 3.8) is 0 Å². The average molecular weight is 270 g/mol. The molecule has 8 heteroatoms. The summed E-state index contributed by atoms with van der Waals surface area (Å²) in [7, 11) is 0. The van der Waals surface area contributed by atoms with E-state index in [9.17, 15) is 9.18 Å². The zero-order chi connectivity index (χ0) is 13.8. The summed E-state index contributed by atoms with van der Waals surface area (Å²) in [6.45, 7) is 0.320. The summed E-state index contributed by atoms with van der Waals surface area (Å²) in [4.78, 5) is 19.3. The molecule has 1 aliphatic heterocycles. The van der Waals surface area contributed by atoms with Gasteiger partial charge >= 0.3 is 6.09 Å². The van der Waals surface area contributed by atoms with E-state index in [4.69, 9.17) is 15.6 Å².